The Morgan fingerprint density at radius 1 is 1.21 bits per heavy atom. The number of aryl methyl sites for hydroxylation is 2. The molecule has 0 radical (unpaired) electrons. The van der Waals surface area contributed by atoms with Crippen molar-refractivity contribution in [2.45, 2.75) is 27.2 Å². The molecular formula is C21H23IN2O5. The predicted molar refractivity (Wildman–Crippen MR) is 119 cm³/mol. The summed E-state index contributed by atoms with van der Waals surface area (Å²) >= 11 is 2.04. The second-order valence-corrected chi connectivity index (χ2v) is 7.51. The second kappa shape index (κ2) is 10.8. The molecule has 1 amide bonds. The first-order valence-electron chi connectivity index (χ1n) is 8.99. The average molecular weight is 510 g/mol. The van der Waals surface area contributed by atoms with Crippen LogP contribution < -0.4 is 14.9 Å². The fourth-order valence-corrected chi connectivity index (χ4v) is 3.42. The molecule has 0 saturated carbocycles. The molecule has 2 aromatic rings. The number of carbonyl (C=O) groups excluding carboxylic acids is 1. The van der Waals surface area contributed by atoms with E-state index in [4.69, 9.17) is 14.6 Å². The first-order chi connectivity index (χ1) is 13.8. The molecule has 0 spiro atoms. The number of ether oxygens (including phenoxy) is 2. The summed E-state index contributed by atoms with van der Waals surface area (Å²) < 4.78 is 11.5. The molecular weight excluding hydrogens is 487 g/mol. The van der Waals surface area contributed by atoms with Crippen LogP contribution in [-0.2, 0) is 16.0 Å². The van der Waals surface area contributed by atoms with Crippen LogP contribution in [0.25, 0.3) is 0 Å². The molecule has 0 aliphatic carbocycles. The number of nitrogens with one attached hydrogen (secondary N) is 1. The maximum absolute atomic E-state index is 12.2. The molecule has 0 aliphatic heterocycles. The van der Waals surface area contributed by atoms with Gasteiger partial charge in [-0.05, 0) is 72.2 Å². The maximum atomic E-state index is 12.2. The molecule has 2 N–H and O–H groups in total. The molecule has 2 aromatic carbocycles. The van der Waals surface area contributed by atoms with Crippen LogP contribution in [0.1, 0.15) is 29.2 Å². The van der Waals surface area contributed by atoms with Gasteiger partial charge < -0.3 is 14.6 Å². The molecule has 0 unspecified atom stereocenters. The third kappa shape index (κ3) is 7.04. The number of hydrogen-bond acceptors (Lipinski definition) is 5. The van der Waals surface area contributed by atoms with Gasteiger partial charge in [0.15, 0.2) is 18.1 Å². The zero-order valence-electron chi connectivity index (χ0n) is 16.5. The second-order valence-electron chi connectivity index (χ2n) is 6.35. The highest BCUT2D eigenvalue weighted by molar-refractivity contribution is 14.1. The lowest BCUT2D eigenvalue weighted by Crippen LogP contribution is -2.20. The monoisotopic (exact) mass is 510 g/mol. The van der Waals surface area contributed by atoms with E-state index < -0.39 is 12.6 Å². The van der Waals surface area contributed by atoms with Gasteiger partial charge in [0.1, 0.15) is 0 Å². The Kier molecular flexibility index (Phi) is 8.44. The van der Waals surface area contributed by atoms with Crippen LogP contribution in [0.3, 0.4) is 0 Å². The zero-order valence-corrected chi connectivity index (χ0v) is 18.6. The Bertz CT molecular complexity index is 928. The van der Waals surface area contributed by atoms with Crippen molar-refractivity contribution in [2.75, 3.05) is 13.2 Å². The van der Waals surface area contributed by atoms with Crippen molar-refractivity contribution in [3.8, 4) is 11.5 Å². The summed E-state index contributed by atoms with van der Waals surface area (Å²) in [7, 11) is 0. The van der Waals surface area contributed by atoms with E-state index in [0.29, 0.717) is 27.2 Å². The van der Waals surface area contributed by atoms with E-state index in [1.54, 1.807) is 12.1 Å². The molecule has 0 saturated heterocycles. The van der Waals surface area contributed by atoms with Crippen LogP contribution in [0, 0.1) is 17.4 Å². The zero-order chi connectivity index (χ0) is 21.4. The fourth-order valence-electron chi connectivity index (χ4n) is 2.63. The number of nitrogens with zero attached hydrogens (tertiary/aromatic N) is 1. The standard InChI is InChI=1S/C21H23IN2O5/c1-4-28-18-9-15(8-17(22)21(18)29-12-20(26)27)11-23-24-19(25)10-16-6-5-13(2)7-14(16)3/h5-9,11H,4,10,12H2,1-3H3,(H,24,25)(H,26,27)/b23-11+. The van der Waals surface area contributed by atoms with E-state index in [1.165, 1.54) is 6.21 Å². The molecule has 8 heteroatoms. The highest BCUT2D eigenvalue weighted by Gasteiger charge is 2.13. The number of hydrogen-bond donors (Lipinski definition) is 2. The van der Waals surface area contributed by atoms with Gasteiger partial charge in [-0.3, -0.25) is 4.79 Å². The minimum atomic E-state index is -1.07. The third-order valence-corrected chi connectivity index (χ3v) is 4.72. The van der Waals surface area contributed by atoms with Crippen LogP contribution in [-0.4, -0.2) is 36.4 Å². The minimum Gasteiger partial charge on any atom is -0.490 e. The summed E-state index contributed by atoms with van der Waals surface area (Å²) in [5.74, 6) is -0.496. The van der Waals surface area contributed by atoms with E-state index in [1.807, 2.05) is 61.6 Å². The Balaban J connectivity index is 2.07. The first-order valence-corrected chi connectivity index (χ1v) is 10.1. The number of rotatable bonds is 9. The molecule has 0 atom stereocenters. The molecule has 154 valence electrons. The van der Waals surface area contributed by atoms with E-state index in [0.717, 1.165) is 16.7 Å². The number of halogens is 1. The number of carbonyl (C=O) groups is 2. The Morgan fingerprint density at radius 3 is 2.62 bits per heavy atom. The Morgan fingerprint density at radius 2 is 1.97 bits per heavy atom. The van der Waals surface area contributed by atoms with Gasteiger partial charge in [0.05, 0.1) is 22.8 Å². The smallest absolute Gasteiger partial charge is 0.341 e. The van der Waals surface area contributed by atoms with Gasteiger partial charge in [-0.25, -0.2) is 10.2 Å². The quantitative estimate of drug-likeness (QED) is 0.306. The number of carboxylic acid groups (broad SMARTS) is 1. The summed E-state index contributed by atoms with van der Waals surface area (Å²) in [6.45, 7) is 5.74. The summed E-state index contributed by atoms with van der Waals surface area (Å²) in [5, 5.41) is 12.8. The maximum Gasteiger partial charge on any atom is 0.341 e. The lowest BCUT2D eigenvalue weighted by atomic mass is 10.0. The van der Waals surface area contributed by atoms with E-state index in [9.17, 15) is 9.59 Å². The van der Waals surface area contributed by atoms with Crippen molar-refractivity contribution in [3.63, 3.8) is 0 Å². The van der Waals surface area contributed by atoms with Crippen molar-refractivity contribution >= 4 is 40.7 Å². The van der Waals surface area contributed by atoms with E-state index in [-0.39, 0.29) is 12.3 Å². The lowest BCUT2D eigenvalue weighted by molar-refractivity contribution is -0.139. The number of hydrazone groups is 1. The van der Waals surface area contributed by atoms with Gasteiger partial charge in [-0.15, -0.1) is 0 Å². The van der Waals surface area contributed by atoms with Gasteiger partial charge in [-0.2, -0.15) is 5.10 Å². The lowest BCUT2D eigenvalue weighted by Gasteiger charge is -2.13. The number of carboxylic acids is 1. The van der Waals surface area contributed by atoms with Crippen molar-refractivity contribution in [1.82, 2.24) is 5.43 Å². The normalized spacial score (nSPS) is 10.8. The molecule has 0 heterocycles. The number of amides is 1. The van der Waals surface area contributed by atoms with E-state index >= 15 is 0 Å². The highest BCUT2D eigenvalue weighted by atomic mass is 127. The Hall–Kier alpha value is -2.62. The molecule has 0 bridgehead atoms. The molecule has 29 heavy (non-hydrogen) atoms. The molecule has 2 rings (SSSR count). The highest BCUT2D eigenvalue weighted by Crippen LogP contribution is 2.33. The van der Waals surface area contributed by atoms with Gasteiger partial charge in [-0.1, -0.05) is 23.8 Å². The van der Waals surface area contributed by atoms with Crippen LogP contribution in [0.4, 0.5) is 0 Å². The molecule has 0 aromatic heterocycles. The number of aliphatic carboxylic acids is 1. The average Bonchev–Trinajstić information content (AvgIpc) is 2.63. The van der Waals surface area contributed by atoms with Gasteiger partial charge >= 0.3 is 5.97 Å². The molecule has 0 aliphatic rings. The van der Waals surface area contributed by atoms with Crippen LogP contribution in [0.15, 0.2) is 35.4 Å². The summed E-state index contributed by atoms with van der Waals surface area (Å²) in [5.41, 5.74) is 6.39. The molecule has 0 fully saturated rings. The number of benzene rings is 2. The van der Waals surface area contributed by atoms with Crippen molar-refractivity contribution < 1.29 is 24.2 Å². The van der Waals surface area contributed by atoms with Crippen LogP contribution in [0.2, 0.25) is 0 Å². The summed E-state index contributed by atoms with van der Waals surface area (Å²) in [6, 6.07) is 9.41. The van der Waals surface area contributed by atoms with Gasteiger partial charge in [0.25, 0.3) is 0 Å². The third-order valence-electron chi connectivity index (χ3n) is 3.92. The first kappa shape index (κ1) is 22.7. The minimum absolute atomic E-state index is 0.214. The SMILES string of the molecule is CCOc1cc(/C=N/NC(=O)Cc2ccc(C)cc2C)cc(I)c1OCC(=O)O. The fraction of sp³-hybridized carbons (Fsp3) is 0.286. The van der Waals surface area contributed by atoms with Crippen molar-refractivity contribution in [3.05, 3.63) is 56.2 Å². The van der Waals surface area contributed by atoms with Crippen LogP contribution in [0.5, 0.6) is 11.5 Å². The molecule has 7 nitrogen and oxygen atoms in total. The largest absolute Gasteiger partial charge is 0.490 e. The van der Waals surface area contributed by atoms with Crippen molar-refractivity contribution in [2.24, 2.45) is 5.10 Å². The van der Waals surface area contributed by atoms with E-state index in [2.05, 4.69) is 10.5 Å². The predicted octanol–water partition coefficient (Wildman–Crippen LogP) is 3.46. The topological polar surface area (TPSA) is 97.2 Å². The summed E-state index contributed by atoms with van der Waals surface area (Å²) in [4.78, 5) is 22.9. The van der Waals surface area contributed by atoms with Gasteiger partial charge in [0, 0.05) is 0 Å². The van der Waals surface area contributed by atoms with Gasteiger partial charge in [0.2, 0.25) is 5.91 Å². The van der Waals surface area contributed by atoms with Crippen molar-refractivity contribution in [1.29, 1.82) is 0 Å². The Labute approximate surface area is 183 Å². The summed E-state index contributed by atoms with van der Waals surface area (Å²) in [6.07, 6.45) is 1.75. The van der Waals surface area contributed by atoms with Crippen LogP contribution >= 0.6 is 22.6 Å².